The first-order valence-corrected chi connectivity index (χ1v) is 31.2. The fraction of sp³-hybridized carbons (Fsp3) is 0.922. The van der Waals surface area contributed by atoms with Gasteiger partial charge in [0.15, 0.2) is 6.29 Å². The smallest absolute Gasteiger partial charge is 0.305 e. The van der Waals surface area contributed by atoms with Gasteiger partial charge in [0.1, 0.15) is 31.0 Å². The Hall–Kier alpha value is -1.25. The van der Waals surface area contributed by atoms with E-state index in [-0.39, 0.29) is 24.1 Å². The molecule has 3 N–H and O–H groups in total. The van der Waals surface area contributed by atoms with Crippen LogP contribution in [0.3, 0.4) is 0 Å². The Balaban J connectivity index is 0.886. The molecule has 1 heterocycles. The van der Waals surface area contributed by atoms with Crippen LogP contribution in [0.2, 0.25) is 0 Å². The summed E-state index contributed by atoms with van der Waals surface area (Å²) in [4.78, 5) is 12.7. The number of hydrogen-bond donors (Lipinski definition) is 3. The van der Waals surface area contributed by atoms with Crippen LogP contribution in [0.1, 0.15) is 280 Å². The van der Waals surface area contributed by atoms with Crippen LogP contribution in [0.25, 0.3) is 0 Å². The minimum Gasteiger partial charge on any atom is -0.463 e. The van der Waals surface area contributed by atoms with Gasteiger partial charge in [-0.25, -0.2) is 0 Å². The molecule has 4 aliphatic carbocycles. The SMILES string of the molecule is CCCCCCCCCCCCCCCCCCCCCCCCCCCCC(=O)OCC1OC(OC2CCC3(C)C(=CCC4C3CCC3(C)C(C(C)C=CC(CC)C(C)C)CCC43)C2)C(O)C(O)C1O. The lowest BCUT2D eigenvalue weighted by Crippen LogP contribution is -2.60. The van der Waals surface area contributed by atoms with Gasteiger partial charge in [-0.05, 0) is 116 Å². The van der Waals surface area contributed by atoms with E-state index in [1.807, 2.05) is 0 Å². The van der Waals surface area contributed by atoms with Crippen LogP contribution in [0.5, 0.6) is 0 Å². The molecule has 3 saturated carbocycles. The molecule has 7 nitrogen and oxygen atoms in total. The normalized spacial score (nSPS) is 32.6. The Morgan fingerprint density at radius 2 is 1.20 bits per heavy atom. The largest absolute Gasteiger partial charge is 0.463 e. The third kappa shape index (κ3) is 18.5. The summed E-state index contributed by atoms with van der Waals surface area (Å²) in [7, 11) is 0. The van der Waals surface area contributed by atoms with Crippen molar-refractivity contribution < 1.29 is 34.3 Å². The zero-order valence-corrected chi connectivity index (χ0v) is 47.4. The number of aliphatic hydroxyl groups is 3. The molecule has 5 aliphatic rings. The lowest BCUT2D eigenvalue weighted by molar-refractivity contribution is -0.313. The fourth-order valence-electron chi connectivity index (χ4n) is 15.1. The topological polar surface area (TPSA) is 105 Å². The van der Waals surface area contributed by atoms with Gasteiger partial charge in [-0.1, -0.05) is 233 Å². The van der Waals surface area contributed by atoms with E-state index in [1.54, 1.807) is 0 Å². The molecule has 0 aromatic rings. The molecule has 14 unspecified atom stereocenters. The average Bonchev–Trinajstić information content (AvgIpc) is 3.72. The zero-order chi connectivity index (χ0) is 51.1. The summed E-state index contributed by atoms with van der Waals surface area (Å²) >= 11 is 0. The average molecular weight is 996 g/mol. The highest BCUT2D eigenvalue weighted by Crippen LogP contribution is 2.67. The van der Waals surface area contributed by atoms with Gasteiger partial charge in [0, 0.05) is 6.42 Å². The Morgan fingerprint density at radius 3 is 1.72 bits per heavy atom. The first-order chi connectivity index (χ1) is 34.3. The summed E-state index contributed by atoms with van der Waals surface area (Å²) in [5.41, 5.74) is 2.05. The molecule has 0 amide bonds. The number of hydrogen-bond acceptors (Lipinski definition) is 7. The third-order valence-electron chi connectivity index (χ3n) is 19.9. The number of carbonyl (C=O) groups excluding carboxylic acids is 1. The molecule has 4 fully saturated rings. The van der Waals surface area contributed by atoms with Crippen LogP contribution >= 0.6 is 0 Å². The molecule has 0 aromatic carbocycles. The minimum atomic E-state index is -1.45. The fourth-order valence-corrected chi connectivity index (χ4v) is 15.1. The molecular weight excluding hydrogens is 881 g/mol. The lowest BCUT2D eigenvalue weighted by atomic mass is 9.47. The zero-order valence-electron chi connectivity index (χ0n) is 47.4. The van der Waals surface area contributed by atoms with Crippen molar-refractivity contribution in [1.82, 2.24) is 0 Å². The highest BCUT2D eigenvalue weighted by Gasteiger charge is 2.59. The van der Waals surface area contributed by atoms with Crippen molar-refractivity contribution in [2.24, 2.45) is 52.3 Å². The molecule has 71 heavy (non-hydrogen) atoms. The van der Waals surface area contributed by atoms with Gasteiger partial charge < -0.3 is 29.5 Å². The van der Waals surface area contributed by atoms with Gasteiger partial charge in [-0.15, -0.1) is 0 Å². The summed E-state index contributed by atoms with van der Waals surface area (Å²) in [6.07, 6.45) is 47.1. The molecule has 0 radical (unpaired) electrons. The van der Waals surface area contributed by atoms with E-state index in [9.17, 15) is 20.1 Å². The van der Waals surface area contributed by atoms with Gasteiger partial charge >= 0.3 is 5.97 Å². The Labute approximate surface area is 437 Å². The van der Waals surface area contributed by atoms with Crippen molar-refractivity contribution in [2.75, 3.05) is 6.61 Å². The molecule has 0 spiro atoms. The highest BCUT2D eigenvalue weighted by atomic mass is 16.7. The number of esters is 1. The van der Waals surface area contributed by atoms with E-state index in [1.165, 1.54) is 185 Å². The van der Waals surface area contributed by atoms with E-state index in [0.717, 1.165) is 62.7 Å². The first kappa shape index (κ1) is 60.6. The maximum atomic E-state index is 12.7. The molecule has 5 rings (SSSR count). The van der Waals surface area contributed by atoms with Crippen LogP contribution in [0.15, 0.2) is 23.8 Å². The van der Waals surface area contributed by atoms with Crippen molar-refractivity contribution in [2.45, 2.75) is 316 Å². The molecule has 1 saturated heterocycles. The van der Waals surface area contributed by atoms with Gasteiger partial charge in [-0.2, -0.15) is 0 Å². The van der Waals surface area contributed by atoms with Crippen LogP contribution in [-0.2, 0) is 19.0 Å². The Bertz CT molecular complexity index is 1510. The van der Waals surface area contributed by atoms with Crippen molar-refractivity contribution in [3.8, 4) is 0 Å². The molecule has 7 heteroatoms. The maximum Gasteiger partial charge on any atom is 0.305 e. The highest BCUT2D eigenvalue weighted by molar-refractivity contribution is 5.69. The van der Waals surface area contributed by atoms with Gasteiger partial charge in [-0.3, -0.25) is 4.79 Å². The Morgan fingerprint density at radius 1 is 0.662 bits per heavy atom. The van der Waals surface area contributed by atoms with E-state index in [0.29, 0.717) is 35.5 Å². The molecule has 0 bridgehead atoms. The number of rotatable bonds is 36. The predicted molar refractivity (Wildman–Crippen MR) is 295 cm³/mol. The molecular formula is C64H114O7. The summed E-state index contributed by atoms with van der Waals surface area (Å²) in [6, 6.07) is 0. The number of ether oxygens (including phenoxy) is 3. The van der Waals surface area contributed by atoms with Gasteiger partial charge in [0.2, 0.25) is 0 Å². The lowest BCUT2D eigenvalue weighted by Gasteiger charge is -2.58. The van der Waals surface area contributed by atoms with Crippen LogP contribution in [-0.4, -0.2) is 64.7 Å². The van der Waals surface area contributed by atoms with Crippen molar-refractivity contribution in [1.29, 1.82) is 0 Å². The number of allylic oxidation sites excluding steroid dienone is 3. The number of fused-ring (bicyclic) bond motifs is 5. The van der Waals surface area contributed by atoms with Gasteiger partial charge in [0.05, 0.1) is 6.10 Å². The van der Waals surface area contributed by atoms with Crippen LogP contribution in [0, 0.1) is 52.3 Å². The van der Waals surface area contributed by atoms with Crippen molar-refractivity contribution >= 4 is 5.97 Å². The second-order valence-corrected chi connectivity index (χ2v) is 25.3. The predicted octanol–water partition coefficient (Wildman–Crippen LogP) is 16.7. The number of carbonyl (C=O) groups is 1. The van der Waals surface area contributed by atoms with E-state index in [2.05, 4.69) is 66.7 Å². The summed E-state index contributed by atoms with van der Waals surface area (Å²) in [5.74, 6) is 4.62. The summed E-state index contributed by atoms with van der Waals surface area (Å²) in [6.45, 7) is 16.8. The molecule has 0 aromatic heterocycles. The second-order valence-electron chi connectivity index (χ2n) is 25.3. The van der Waals surface area contributed by atoms with E-state index in [4.69, 9.17) is 14.2 Å². The summed E-state index contributed by atoms with van der Waals surface area (Å²) < 4.78 is 18.1. The monoisotopic (exact) mass is 995 g/mol. The second kappa shape index (κ2) is 32.4. The van der Waals surface area contributed by atoms with E-state index >= 15 is 0 Å². The maximum absolute atomic E-state index is 12.7. The third-order valence-corrected chi connectivity index (χ3v) is 19.9. The molecule has 14 atom stereocenters. The van der Waals surface area contributed by atoms with Crippen molar-refractivity contribution in [3.63, 3.8) is 0 Å². The first-order valence-electron chi connectivity index (χ1n) is 31.2. The standard InChI is InChI=1S/C64H114O7/c1-8-10-11-12-13-14-15-16-17-18-19-20-21-22-23-24-25-26-27-28-29-30-31-32-33-34-35-58(65)69-47-57-59(66)60(67)61(68)62(71-57)70-52-42-44-63(6)51(46-52)38-39-53-55-41-40-54(64(55,7)45-43-56(53)63)49(5)36-37-50(9-2)48(3)4/h36-38,48-50,52-57,59-62,66-68H,8-35,39-47H2,1-7H3. The molecule has 1 aliphatic heterocycles. The Kier molecular flexibility index (Phi) is 27.6. The van der Waals surface area contributed by atoms with Crippen LogP contribution in [0.4, 0.5) is 0 Å². The minimum absolute atomic E-state index is 0.148. The quantitative estimate of drug-likeness (QED) is 0.0326. The number of unbranched alkanes of at least 4 members (excludes halogenated alkanes) is 25. The van der Waals surface area contributed by atoms with Crippen molar-refractivity contribution in [3.05, 3.63) is 23.8 Å². The molecule has 412 valence electrons. The van der Waals surface area contributed by atoms with Crippen LogP contribution < -0.4 is 0 Å². The van der Waals surface area contributed by atoms with Gasteiger partial charge in [0.25, 0.3) is 0 Å². The van der Waals surface area contributed by atoms with E-state index < -0.39 is 30.7 Å². The number of aliphatic hydroxyl groups excluding tert-OH is 3. The summed E-state index contributed by atoms with van der Waals surface area (Å²) in [5, 5.41) is 32.7.